The van der Waals surface area contributed by atoms with Gasteiger partial charge in [-0.3, -0.25) is 0 Å². The molecule has 51 heavy (non-hydrogen) atoms. The maximum atomic E-state index is 5.99. The Hall–Kier alpha value is -6.71. The lowest BCUT2D eigenvalue weighted by Crippen LogP contribution is -1.93. The number of aromatic nitrogens is 2. The van der Waals surface area contributed by atoms with Gasteiger partial charge in [-0.05, 0) is 119 Å². The highest BCUT2D eigenvalue weighted by molar-refractivity contribution is 6.22. The molecule has 1 heterocycles. The number of methoxy groups -OCH3 is 1. The molecule has 0 aliphatic heterocycles. The lowest BCUT2D eigenvalue weighted by molar-refractivity contribution is 0.416. The highest BCUT2D eigenvalue weighted by atomic mass is 16.5. The van der Waals surface area contributed by atoms with Gasteiger partial charge in [-0.25, -0.2) is 4.98 Å². The van der Waals surface area contributed by atoms with E-state index in [9.17, 15) is 0 Å². The molecule has 10 aromatic rings. The minimum Gasteiger partial charge on any atom is -0.496 e. The van der Waals surface area contributed by atoms with Crippen LogP contribution >= 0.6 is 0 Å². The molecule has 0 saturated heterocycles. The van der Waals surface area contributed by atoms with Crippen LogP contribution in [0, 0.1) is 0 Å². The average Bonchev–Trinajstić information content (AvgIpc) is 3.63. The van der Waals surface area contributed by atoms with Crippen LogP contribution in [0.2, 0.25) is 0 Å². The lowest BCUT2D eigenvalue weighted by atomic mass is 9.84. The van der Waals surface area contributed by atoms with Gasteiger partial charge in [0.25, 0.3) is 0 Å². The van der Waals surface area contributed by atoms with E-state index in [4.69, 9.17) is 9.72 Å². The second kappa shape index (κ2) is 11.7. The van der Waals surface area contributed by atoms with Crippen LogP contribution in [0.15, 0.2) is 170 Å². The van der Waals surface area contributed by atoms with Crippen LogP contribution in [0.4, 0.5) is 0 Å². The van der Waals surface area contributed by atoms with Gasteiger partial charge < -0.3 is 9.72 Å². The van der Waals surface area contributed by atoms with Crippen LogP contribution in [-0.2, 0) is 0 Å². The number of nitrogens with one attached hydrogen (secondary N) is 1. The summed E-state index contributed by atoms with van der Waals surface area (Å²) >= 11 is 0. The number of rotatable bonds is 5. The smallest absolute Gasteiger partial charge is 0.142 e. The molecule has 3 heteroatoms. The van der Waals surface area contributed by atoms with E-state index in [1.54, 1.807) is 7.11 Å². The number of aromatic amines is 1. The van der Waals surface area contributed by atoms with E-state index >= 15 is 0 Å². The van der Waals surface area contributed by atoms with Crippen molar-refractivity contribution in [1.29, 1.82) is 0 Å². The first-order valence-corrected chi connectivity index (χ1v) is 17.3. The molecule has 3 nitrogen and oxygen atoms in total. The van der Waals surface area contributed by atoms with E-state index in [-0.39, 0.29) is 0 Å². The van der Waals surface area contributed by atoms with Gasteiger partial charge in [0.1, 0.15) is 11.6 Å². The Balaban J connectivity index is 1.23. The molecule has 1 aromatic heterocycles. The summed E-state index contributed by atoms with van der Waals surface area (Å²) in [5.74, 6) is 1.57. The van der Waals surface area contributed by atoms with Gasteiger partial charge in [-0.2, -0.15) is 0 Å². The molecule has 0 aliphatic carbocycles. The van der Waals surface area contributed by atoms with Gasteiger partial charge in [0, 0.05) is 0 Å². The zero-order chi connectivity index (χ0) is 33.9. The van der Waals surface area contributed by atoms with Crippen molar-refractivity contribution >= 4 is 54.1 Å². The fraction of sp³-hybridized carbons (Fsp3) is 0.0208. The van der Waals surface area contributed by atoms with Crippen molar-refractivity contribution in [3.63, 3.8) is 0 Å². The number of nitrogens with zero attached hydrogens (tertiary/aromatic N) is 1. The van der Waals surface area contributed by atoms with Gasteiger partial charge in [0.05, 0.1) is 23.7 Å². The minimum atomic E-state index is 0.775. The largest absolute Gasteiger partial charge is 0.496 e. The molecule has 0 saturated carbocycles. The molecule has 0 aliphatic rings. The van der Waals surface area contributed by atoms with Crippen LogP contribution in [0.1, 0.15) is 0 Å². The fourth-order valence-corrected chi connectivity index (χ4v) is 7.82. The zero-order valence-electron chi connectivity index (χ0n) is 28.0. The molecular weight excluding hydrogens is 621 g/mol. The molecular formula is C48H32N2O. The third-order valence-corrected chi connectivity index (χ3v) is 10.3. The van der Waals surface area contributed by atoms with Gasteiger partial charge in [-0.1, -0.05) is 127 Å². The van der Waals surface area contributed by atoms with Gasteiger partial charge >= 0.3 is 0 Å². The summed E-state index contributed by atoms with van der Waals surface area (Å²) in [6.07, 6.45) is 0. The van der Waals surface area contributed by atoms with Crippen LogP contribution in [0.5, 0.6) is 5.75 Å². The minimum absolute atomic E-state index is 0.775. The van der Waals surface area contributed by atoms with Crippen LogP contribution in [0.25, 0.3) is 98.9 Å². The molecule has 0 fully saturated rings. The predicted molar refractivity (Wildman–Crippen MR) is 214 cm³/mol. The van der Waals surface area contributed by atoms with Gasteiger partial charge in [0.15, 0.2) is 0 Å². The maximum absolute atomic E-state index is 5.99. The van der Waals surface area contributed by atoms with E-state index in [2.05, 4.69) is 151 Å². The number of hydrogen-bond donors (Lipinski definition) is 1. The quantitative estimate of drug-likeness (QED) is 0.188. The van der Waals surface area contributed by atoms with Crippen molar-refractivity contribution < 1.29 is 4.74 Å². The fourth-order valence-electron chi connectivity index (χ4n) is 7.82. The maximum Gasteiger partial charge on any atom is 0.142 e. The van der Waals surface area contributed by atoms with E-state index in [0.29, 0.717) is 0 Å². The molecule has 10 rings (SSSR count). The molecule has 9 aromatic carbocycles. The van der Waals surface area contributed by atoms with Crippen molar-refractivity contribution in [3.8, 4) is 50.5 Å². The summed E-state index contributed by atoms with van der Waals surface area (Å²) in [7, 11) is 1.73. The number of ether oxygens (including phenoxy) is 1. The Morgan fingerprint density at radius 3 is 1.63 bits per heavy atom. The van der Waals surface area contributed by atoms with Crippen molar-refractivity contribution in [3.05, 3.63) is 170 Å². The van der Waals surface area contributed by atoms with E-state index < -0.39 is 0 Å². The first-order chi connectivity index (χ1) is 25.2. The van der Waals surface area contributed by atoms with Crippen molar-refractivity contribution in [2.24, 2.45) is 0 Å². The standard InChI is InChI=1S/C48H32N2O/c1-51-45-29-35(23-25-41(45)48-49-43-16-8-9-17-44(43)50-48)34-22-24-40-42(28-34)47(37-21-19-31-11-3-5-13-33(31)27-37)39-15-7-6-14-38(39)46(40)36-20-18-30-10-2-4-12-32(30)26-36/h2-29H,1H3,(H,49,50). The third-order valence-electron chi connectivity index (χ3n) is 10.3. The number of para-hydroxylation sites is 2. The summed E-state index contributed by atoms with van der Waals surface area (Å²) in [5.41, 5.74) is 9.98. The molecule has 0 radical (unpaired) electrons. The summed E-state index contributed by atoms with van der Waals surface area (Å²) in [5, 5.41) is 9.86. The zero-order valence-corrected chi connectivity index (χ0v) is 28.0. The number of fused-ring (bicyclic) bond motifs is 5. The second-order valence-corrected chi connectivity index (χ2v) is 13.2. The van der Waals surface area contributed by atoms with Crippen LogP contribution in [0.3, 0.4) is 0 Å². The lowest BCUT2D eigenvalue weighted by Gasteiger charge is -2.19. The Morgan fingerprint density at radius 1 is 0.431 bits per heavy atom. The molecule has 0 atom stereocenters. The number of benzene rings is 9. The summed E-state index contributed by atoms with van der Waals surface area (Å²) in [4.78, 5) is 8.32. The third kappa shape index (κ3) is 4.86. The number of H-pyrrole nitrogens is 1. The number of imidazole rings is 1. The Bertz CT molecular complexity index is 2940. The Morgan fingerprint density at radius 2 is 0.961 bits per heavy atom. The van der Waals surface area contributed by atoms with E-state index in [1.807, 2.05) is 24.3 Å². The van der Waals surface area contributed by atoms with Crippen molar-refractivity contribution in [2.45, 2.75) is 0 Å². The summed E-state index contributed by atoms with van der Waals surface area (Å²) < 4.78 is 5.99. The normalized spacial score (nSPS) is 11.6. The van der Waals surface area contributed by atoms with Crippen molar-refractivity contribution in [2.75, 3.05) is 7.11 Å². The molecule has 0 unspecified atom stereocenters. The predicted octanol–water partition coefficient (Wildman–Crippen LogP) is 12.9. The molecule has 0 amide bonds. The first kappa shape index (κ1) is 29.2. The van der Waals surface area contributed by atoms with Crippen LogP contribution < -0.4 is 4.74 Å². The van der Waals surface area contributed by atoms with Crippen LogP contribution in [-0.4, -0.2) is 17.1 Å². The number of hydrogen-bond acceptors (Lipinski definition) is 2. The van der Waals surface area contributed by atoms with E-state index in [1.165, 1.54) is 65.3 Å². The summed E-state index contributed by atoms with van der Waals surface area (Å²) in [6, 6.07) is 61.2. The van der Waals surface area contributed by atoms with Crippen molar-refractivity contribution in [1.82, 2.24) is 9.97 Å². The highest BCUT2D eigenvalue weighted by Crippen LogP contribution is 2.46. The monoisotopic (exact) mass is 652 g/mol. The topological polar surface area (TPSA) is 37.9 Å². The average molecular weight is 653 g/mol. The highest BCUT2D eigenvalue weighted by Gasteiger charge is 2.19. The van der Waals surface area contributed by atoms with E-state index in [0.717, 1.165) is 39.3 Å². The molecule has 0 bridgehead atoms. The Kier molecular flexibility index (Phi) is 6.71. The molecule has 240 valence electrons. The molecule has 0 spiro atoms. The SMILES string of the molecule is COc1cc(-c2ccc3c(-c4ccc5ccccc5c4)c4ccccc4c(-c4ccc5ccccc5c4)c3c2)ccc1-c1nc2ccccc2[nH]1. The molecule has 1 N–H and O–H groups in total. The Labute approximate surface area is 295 Å². The van der Waals surface area contributed by atoms with Gasteiger partial charge in [-0.15, -0.1) is 0 Å². The van der Waals surface area contributed by atoms with Gasteiger partial charge in [0.2, 0.25) is 0 Å². The second-order valence-electron chi connectivity index (χ2n) is 13.2. The summed E-state index contributed by atoms with van der Waals surface area (Å²) in [6.45, 7) is 0. The first-order valence-electron chi connectivity index (χ1n) is 17.3.